The molecule has 2 heterocycles. The van der Waals surface area contributed by atoms with Gasteiger partial charge < -0.3 is 4.90 Å². The lowest BCUT2D eigenvalue weighted by Crippen LogP contribution is -2.33. The number of hydrogen-bond donors (Lipinski definition) is 0. The molecule has 0 aliphatic heterocycles. The Balaban J connectivity index is 2.22. The summed E-state index contributed by atoms with van der Waals surface area (Å²) in [7, 11) is 1.61. The molecule has 10 heteroatoms. The molecule has 0 saturated carbocycles. The zero-order valence-corrected chi connectivity index (χ0v) is 16.8. The van der Waals surface area contributed by atoms with E-state index in [2.05, 4.69) is 26.1 Å². The Morgan fingerprint density at radius 3 is 2.42 bits per heavy atom. The van der Waals surface area contributed by atoms with E-state index in [-0.39, 0.29) is 16.1 Å². The fourth-order valence-corrected chi connectivity index (χ4v) is 3.18. The first-order valence-electron chi connectivity index (χ1n) is 8.07. The van der Waals surface area contributed by atoms with Gasteiger partial charge in [0.05, 0.1) is 15.9 Å². The molecule has 0 radical (unpaired) electrons. The topological polar surface area (TPSA) is 56.0 Å². The van der Waals surface area contributed by atoms with E-state index in [1.54, 1.807) is 11.7 Å². The monoisotopic (exact) mass is 435 g/mol. The van der Waals surface area contributed by atoms with Gasteiger partial charge in [-0.3, -0.25) is 14.2 Å². The normalized spacial score (nSPS) is 13.1. The van der Waals surface area contributed by atoms with E-state index in [0.29, 0.717) is 6.54 Å². The molecule has 144 valence electrons. The van der Waals surface area contributed by atoms with Crippen molar-refractivity contribution in [2.24, 2.45) is 0 Å². The van der Waals surface area contributed by atoms with E-state index >= 15 is 0 Å². The maximum Gasteiger partial charge on any atom is 0.436 e. The van der Waals surface area contributed by atoms with E-state index in [1.165, 1.54) is 18.7 Å². The summed E-state index contributed by atoms with van der Waals surface area (Å²) in [4.78, 5) is 14.2. The van der Waals surface area contributed by atoms with Crippen molar-refractivity contribution in [3.8, 4) is 0 Å². The lowest BCUT2D eigenvalue weighted by Gasteiger charge is -2.22. The number of likely N-dealkylation sites (N-methyl/N-ethyl adjacent to an activating group) is 1. The maximum absolute atomic E-state index is 13.0. The van der Waals surface area contributed by atoms with E-state index in [1.807, 2.05) is 20.0 Å². The van der Waals surface area contributed by atoms with Gasteiger partial charge in [-0.1, -0.05) is 0 Å². The third-order valence-electron chi connectivity index (χ3n) is 4.23. The Kier molecular flexibility index (Phi) is 5.84. The SMILES string of the molecule is CCn1cc(CN(C)C(=O)[C@@H](C)n2nc(C(F)(F)F)c(Br)c2C)c(C)n1. The smallest absolute Gasteiger partial charge is 0.339 e. The first-order valence-corrected chi connectivity index (χ1v) is 8.86. The van der Waals surface area contributed by atoms with Crippen LogP contribution in [0, 0.1) is 13.8 Å². The van der Waals surface area contributed by atoms with Crippen molar-refractivity contribution in [1.29, 1.82) is 0 Å². The van der Waals surface area contributed by atoms with Crippen LogP contribution in [0.15, 0.2) is 10.7 Å². The Hall–Kier alpha value is -1.84. The van der Waals surface area contributed by atoms with Crippen LogP contribution < -0.4 is 0 Å². The number of aryl methyl sites for hydroxylation is 2. The number of aromatic nitrogens is 4. The van der Waals surface area contributed by atoms with Gasteiger partial charge in [0.25, 0.3) is 0 Å². The molecule has 26 heavy (non-hydrogen) atoms. The van der Waals surface area contributed by atoms with Gasteiger partial charge >= 0.3 is 6.18 Å². The molecule has 0 N–H and O–H groups in total. The van der Waals surface area contributed by atoms with Crippen molar-refractivity contribution >= 4 is 21.8 Å². The summed E-state index contributed by atoms with van der Waals surface area (Å²) in [5.41, 5.74) is 0.930. The molecule has 0 saturated heterocycles. The molecule has 0 aromatic carbocycles. The van der Waals surface area contributed by atoms with E-state index in [4.69, 9.17) is 0 Å². The van der Waals surface area contributed by atoms with Gasteiger partial charge in [0.2, 0.25) is 5.91 Å². The molecule has 0 aliphatic rings. The van der Waals surface area contributed by atoms with Crippen molar-refractivity contribution in [2.45, 2.75) is 53.0 Å². The largest absolute Gasteiger partial charge is 0.436 e. The van der Waals surface area contributed by atoms with Crippen LogP contribution in [-0.4, -0.2) is 37.4 Å². The highest BCUT2D eigenvalue weighted by Gasteiger charge is 2.39. The quantitative estimate of drug-likeness (QED) is 0.718. The molecule has 1 atom stereocenters. The number of rotatable bonds is 5. The first-order chi connectivity index (χ1) is 12.0. The van der Waals surface area contributed by atoms with Crippen molar-refractivity contribution in [3.05, 3.63) is 33.3 Å². The second kappa shape index (κ2) is 7.42. The summed E-state index contributed by atoms with van der Waals surface area (Å²) in [6.07, 6.45) is -2.73. The Bertz CT molecular complexity index is 812. The zero-order valence-electron chi connectivity index (χ0n) is 15.2. The van der Waals surface area contributed by atoms with Crippen LogP contribution in [0.4, 0.5) is 13.2 Å². The molecule has 6 nitrogen and oxygen atoms in total. The van der Waals surface area contributed by atoms with E-state index in [9.17, 15) is 18.0 Å². The summed E-state index contributed by atoms with van der Waals surface area (Å²) in [5, 5.41) is 7.94. The molecule has 0 aliphatic carbocycles. The first kappa shape index (κ1) is 20.5. The summed E-state index contributed by atoms with van der Waals surface area (Å²) >= 11 is 2.93. The van der Waals surface area contributed by atoms with Gasteiger partial charge in [0.1, 0.15) is 6.04 Å². The van der Waals surface area contributed by atoms with Gasteiger partial charge in [0, 0.05) is 31.9 Å². The van der Waals surface area contributed by atoms with Gasteiger partial charge in [0.15, 0.2) is 5.69 Å². The molecular weight excluding hydrogens is 415 g/mol. The molecule has 2 aromatic rings. The number of carbonyl (C=O) groups excluding carboxylic acids is 1. The van der Waals surface area contributed by atoms with Crippen molar-refractivity contribution in [3.63, 3.8) is 0 Å². The fourth-order valence-electron chi connectivity index (χ4n) is 2.69. The number of carbonyl (C=O) groups is 1. The number of amides is 1. The standard InChI is InChI=1S/C16H21BrF3N5O/c1-6-24-8-12(9(2)21-24)7-23(5)15(26)11(4)25-10(3)13(17)14(22-25)16(18,19)20/h8,11H,6-7H2,1-5H3/t11-/m1/s1. The predicted molar refractivity (Wildman–Crippen MR) is 93.5 cm³/mol. The second-order valence-corrected chi connectivity index (χ2v) is 6.95. The van der Waals surface area contributed by atoms with Gasteiger partial charge in [-0.2, -0.15) is 23.4 Å². The lowest BCUT2D eigenvalue weighted by molar-refractivity contribution is -0.143. The van der Waals surface area contributed by atoms with Crippen LogP contribution in [0.25, 0.3) is 0 Å². The highest BCUT2D eigenvalue weighted by molar-refractivity contribution is 9.10. The molecule has 2 aromatic heterocycles. The van der Waals surface area contributed by atoms with Crippen LogP contribution in [0.5, 0.6) is 0 Å². The summed E-state index contributed by atoms with van der Waals surface area (Å²) < 4.78 is 41.8. The number of alkyl halides is 3. The van der Waals surface area contributed by atoms with Gasteiger partial charge in [-0.05, 0) is 43.6 Å². The Morgan fingerprint density at radius 1 is 1.35 bits per heavy atom. The third-order valence-corrected chi connectivity index (χ3v) is 5.17. The molecule has 0 fully saturated rings. The highest BCUT2D eigenvalue weighted by Crippen LogP contribution is 2.36. The molecule has 0 spiro atoms. The molecule has 1 amide bonds. The predicted octanol–water partition coefficient (Wildman–Crippen LogP) is 3.72. The van der Waals surface area contributed by atoms with Crippen molar-refractivity contribution in [1.82, 2.24) is 24.5 Å². The Morgan fingerprint density at radius 2 is 1.96 bits per heavy atom. The number of nitrogens with zero attached hydrogens (tertiary/aromatic N) is 5. The second-order valence-electron chi connectivity index (χ2n) is 6.16. The van der Waals surface area contributed by atoms with Crippen LogP contribution in [0.1, 0.15) is 42.5 Å². The summed E-state index contributed by atoms with van der Waals surface area (Å²) in [6.45, 7) is 7.88. The van der Waals surface area contributed by atoms with Crippen LogP contribution in [0.2, 0.25) is 0 Å². The van der Waals surface area contributed by atoms with E-state index in [0.717, 1.165) is 22.5 Å². The lowest BCUT2D eigenvalue weighted by atomic mass is 10.2. The zero-order chi connectivity index (χ0) is 19.8. The number of halogens is 4. The molecular formula is C16H21BrF3N5O. The van der Waals surface area contributed by atoms with Crippen LogP contribution in [-0.2, 0) is 24.1 Å². The maximum atomic E-state index is 13.0. The Labute approximate surface area is 158 Å². The minimum Gasteiger partial charge on any atom is -0.339 e. The fraction of sp³-hybridized carbons (Fsp3) is 0.562. The molecule has 0 bridgehead atoms. The van der Waals surface area contributed by atoms with Crippen molar-refractivity contribution in [2.75, 3.05) is 7.05 Å². The van der Waals surface area contributed by atoms with Gasteiger partial charge in [-0.25, -0.2) is 0 Å². The van der Waals surface area contributed by atoms with Gasteiger partial charge in [-0.15, -0.1) is 0 Å². The minimum atomic E-state index is -4.59. The molecule has 2 rings (SSSR count). The average Bonchev–Trinajstić information content (AvgIpc) is 3.06. The minimum absolute atomic E-state index is 0.146. The average molecular weight is 436 g/mol. The van der Waals surface area contributed by atoms with Crippen LogP contribution in [0.3, 0.4) is 0 Å². The number of hydrogen-bond acceptors (Lipinski definition) is 3. The van der Waals surface area contributed by atoms with Crippen molar-refractivity contribution < 1.29 is 18.0 Å². The third kappa shape index (κ3) is 3.94. The van der Waals surface area contributed by atoms with Crippen LogP contribution >= 0.6 is 15.9 Å². The summed E-state index contributed by atoms with van der Waals surface area (Å²) in [5.74, 6) is -0.333. The summed E-state index contributed by atoms with van der Waals surface area (Å²) in [6, 6.07) is -0.867. The molecule has 0 unspecified atom stereocenters. The van der Waals surface area contributed by atoms with E-state index < -0.39 is 17.9 Å². The highest BCUT2D eigenvalue weighted by atomic mass is 79.9.